The number of allylic oxidation sites excluding steroid dienone is 2. The van der Waals surface area contributed by atoms with Crippen LogP contribution in [0.3, 0.4) is 0 Å². The van der Waals surface area contributed by atoms with Gasteiger partial charge in [-0.25, -0.2) is 0 Å². The summed E-state index contributed by atoms with van der Waals surface area (Å²) in [6.07, 6.45) is 4.46. The molecule has 0 aromatic carbocycles. The Labute approximate surface area is 115 Å². The Morgan fingerprint density at radius 2 is 2.28 bits per heavy atom. The van der Waals surface area contributed by atoms with Crippen LogP contribution >= 0.6 is 11.3 Å². The van der Waals surface area contributed by atoms with E-state index in [1.165, 1.54) is 5.57 Å². The molecule has 2 nitrogen and oxygen atoms in total. The average molecular weight is 267 g/mol. The number of aliphatic hydroxyl groups is 1. The maximum atomic E-state index is 10.4. The quantitative estimate of drug-likeness (QED) is 0.739. The molecule has 0 spiro atoms. The van der Waals surface area contributed by atoms with Gasteiger partial charge in [0.15, 0.2) is 0 Å². The fourth-order valence-corrected chi connectivity index (χ4v) is 2.56. The lowest BCUT2D eigenvalue weighted by Crippen LogP contribution is -2.39. The molecule has 0 fully saturated rings. The van der Waals surface area contributed by atoms with E-state index in [0.29, 0.717) is 12.6 Å². The SMILES string of the molecule is CC(C)=CCCC(C)NCC(C)(O)c1cccs1. The van der Waals surface area contributed by atoms with E-state index in [4.69, 9.17) is 0 Å². The molecule has 0 radical (unpaired) electrons. The largest absolute Gasteiger partial charge is 0.383 e. The first kappa shape index (κ1) is 15.4. The van der Waals surface area contributed by atoms with Crippen molar-refractivity contribution in [3.05, 3.63) is 34.0 Å². The average Bonchev–Trinajstić information content (AvgIpc) is 2.80. The molecule has 1 rings (SSSR count). The Hall–Kier alpha value is -0.640. The van der Waals surface area contributed by atoms with Gasteiger partial charge >= 0.3 is 0 Å². The lowest BCUT2D eigenvalue weighted by Gasteiger charge is -2.25. The second kappa shape index (κ2) is 7.07. The van der Waals surface area contributed by atoms with Gasteiger partial charge in [-0.05, 0) is 52.0 Å². The highest BCUT2D eigenvalue weighted by Crippen LogP contribution is 2.24. The van der Waals surface area contributed by atoms with Gasteiger partial charge in [-0.3, -0.25) is 0 Å². The normalized spacial score (nSPS) is 16.1. The van der Waals surface area contributed by atoms with Crippen LogP contribution < -0.4 is 5.32 Å². The first-order valence-corrected chi connectivity index (χ1v) is 7.43. The monoisotopic (exact) mass is 267 g/mol. The molecule has 1 aromatic heterocycles. The summed E-state index contributed by atoms with van der Waals surface area (Å²) in [4.78, 5) is 1.02. The molecule has 0 amide bonds. The fourth-order valence-electron chi connectivity index (χ4n) is 1.77. The number of hydrogen-bond acceptors (Lipinski definition) is 3. The molecule has 0 aliphatic carbocycles. The van der Waals surface area contributed by atoms with Gasteiger partial charge in [0.2, 0.25) is 0 Å². The second-order valence-electron chi connectivity index (χ2n) is 5.39. The highest BCUT2D eigenvalue weighted by molar-refractivity contribution is 7.10. The van der Waals surface area contributed by atoms with E-state index in [-0.39, 0.29) is 0 Å². The molecular formula is C15H25NOS. The van der Waals surface area contributed by atoms with Crippen molar-refractivity contribution in [3.63, 3.8) is 0 Å². The second-order valence-corrected chi connectivity index (χ2v) is 6.34. The van der Waals surface area contributed by atoms with E-state index in [1.54, 1.807) is 11.3 Å². The van der Waals surface area contributed by atoms with Gasteiger partial charge in [0, 0.05) is 17.5 Å². The zero-order valence-corrected chi connectivity index (χ0v) is 12.7. The Bertz CT molecular complexity index is 364. The first-order chi connectivity index (χ1) is 8.42. The van der Waals surface area contributed by atoms with E-state index in [1.807, 2.05) is 24.4 Å². The zero-order chi connectivity index (χ0) is 13.6. The first-order valence-electron chi connectivity index (χ1n) is 6.55. The summed E-state index contributed by atoms with van der Waals surface area (Å²) < 4.78 is 0. The molecule has 1 heterocycles. The summed E-state index contributed by atoms with van der Waals surface area (Å²) in [5.41, 5.74) is 0.603. The van der Waals surface area contributed by atoms with Crippen molar-refractivity contribution in [3.8, 4) is 0 Å². The molecule has 2 atom stereocenters. The topological polar surface area (TPSA) is 32.3 Å². The van der Waals surface area contributed by atoms with Crippen LogP contribution in [0.2, 0.25) is 0 Å². The van der Waals surface area contributed by atoms with Crippen molar-refractivity contribution < 1.29 is 5.11 Å². The molecule has 0 aliphatic heterocycles. The summed E-state index contributed by atoms with van der Waals surface area (Å²) in [7, 11) is 0. The van der Waals surface area contributed by atoms with Gasteiger partial charge in [0.05, 0.1) is 0 Å². The van der Waals surface area contributed by atoms with E-state index < -0.39 is 5.60 Å². The summed E-state index contributed by atoms with van der Waals surface area (Å²) in [5, 5.41) is 15.8. The minimum Gasteiger partial charge on any atom is -0.383 e. The smallest absolute Gasteiger partial charge is 0.108 e. The van der Waals surface area contributed by atoms with Crippen LogP contribution in [-0.2, 0) is 5.60 Å². The highest BCUT2D eigenvalue weighted by atomic mass is 32.1. The molecule has 0 bridgehead atoms. The molecule has 0 saturated heterocycles. The lowest BCUT2D eigenvalue weighted by molar-refractivity contribution is 0.0578. The molecule has 0 aliphatic rings. The van der Waals surface area contributed by atoms with Gasteiger partial charge in [0.1, 0.15) is 5.60 Å². The molecule has 2 unspecified atom stereocenters. The maximum absolute atomic E-state index is 10.4. The highest BCUT2D eigenvalue weighted by Gasteiger charge is 2.24. The molecule has 3 heteroatoms. The predicted molar refractivity (Wildman–Crippen MR) is 80.0 cm³/mol. The third-order valence-electron chi connectivity index (χ3n) is 3.00. The Balaban J connectivity index is 2.34. The van der Waals surface area contributed by atoms with E-state index in [0.717, 1.165) is 17.7 Å². The summed E-state index contributed by atoms with van der Waals surface area (Å²) >= 11 is 1.60. The number of hydrogen-bond donors (Lipinski definition) is 2. The van der Waals surface area contributed by atoms with Crippen molar-refractivity contribution in [2.45, 2.75) is 52.2 Å². The van der Waals surface area contributed by atoms with Crippen molar-refractivity contribution in [2.24, 2.45) is 0 Å². The lowest BCUT2D eigenvalue weighted by atomic mass is 10.0. The van der Waals surface area contributed by atoms with Crippen LogP contribution in [0.4, 0.5) is 0 Å². The van der Waals surface area contributed by atoms with E-state index in [9.17, 15) is 5.11 Å². The summed E-state index contributed by atoms with van der Waals surface area (Å²) in [6.45, 7) is 8.89. The molecule has 102 valence electrons. The van der Waals surface area contributed by atoms with Crippen molar-refractivity contribution >= 4 is 11.3 Å². The minimum atomic E-state index is -0.765. The number of rotatable bonds is 7. The number of nitrogens with one attached hydrogen (secondary N) is 1. The molecule has 2 N–H and O–H groups in total. The van der Waals surface area contributed by atoms with Gasteiger partial charge in [-0.2, -0.15) is 0 Å². The Morgan fingerprint density at radius 1 is 1.56 bits per heavy atom. The van der Waals surface area contributed by atoms with Crippen LogP contribution in [-0.4, -0.2) is 17.7 Å². The van der Waals surface area contributed by atoms with Crippen LogP contribution in [0.15, 0.2) is 29.2 Å². The van der Waals surface area contributed by atoms with E-state index >= 15 is 0 Å². The van der Waals surface area contributed by atoms with Crippen LogP contribution in [0.5, 0.6) is 0 Å². The van der Waals surface area contributed by atoms with Crippen LogP contribution in [0, 0.1) is 0 Å². The van der Waals surface area contributed by atoms with Gasteiger partial charge in [-0.15, -0.1) is 11.3 Å². The fraction of sp³-hybridized carbons (Fsp3) is 0.600. The summed E-state index contributed by atoms with van der Waals surface area (Å²) in [6, 6.07) is 4.39. The predicted octanol–water partition coefficient (Wildman–Crippen LogP) is 3.68. The zero-order valence-electron chi connectivity index (χ0n) is 11.9. The molecule has 18 heavy (non-hydrogen) atoms. The molecule has 0 saturated carbocycles. The molecule has 1 aromatic rings. The number of thiophene rings is 1. The van der Waals surface area contributed by atoms with Gasteiger partial charge in [0.25, 0.3) is 0 Å². The Morgan fingerprint density at radius 3 is 2.83 bits per heavy atom. The Kier molecular flexibility index (Phi) is 6.06. The summed E-state index contributed by atoms with van der Waals surface area (Å²) in [5.74, 6) is 0. The van der Waals surface area contributed by atoms with Crippen molar-refractivity contribution in [1.82, 2.24) is 5.32 Å². The van der Waals surface area contributed by atoms with Crippen LogP contribution in [0.1, 0.15) is 45.4 Å². The maximum Gasteiger partial charge on any atom is 0.108 e. The molecular weight excluding hydrogens is 242 g/mol. The van der Waals surface area contributed by atoms with Crippen LogP contribution in [0.25, 0.3) is 0 Å². The van der Waals surface area contributed by atoms with Crippen molar-refractivity contribution in [1.29, 1.82) is 0 Å². The minimum absolute atomic E-state index is 0.423. The van der Waals surface area contributed by atoms with Gasteiger partial charge in [-0.1, -0.05) is 17.7 Å². The third-order valence-corrected chi connectivity index (χ3v) is 4.12. The van der Waals surface area contributed by atoms with Crippen molar-refractivity contribution in [2.75, 3.05) is 6.54 Å². The third kappa shape index (κ3) is 5.34. The van der Waals surface area contributed by atoms with Gasteiger partial charge < -0.3 is 10.4 Å². The standard InChI is InChI=1S/C15H25NOS/c1-12(2)7-5-8-13(3)16-11-15(4,17)14-9-6-10-18-14/h6-7,9-10,13,16-17H,5,8,11H2,1-4H3. The van der Waals surface area contributed by atoms with E-state index in [2.05, 4.69) is 32.2 Å².